The van der Waals surface area contributed by atoms with Gasteiger partial charge in [0.15, 0.2) is 0 Å². The molecule has 0 aliphatic heterocycles. The molecular weight excluding hydrogens is 208 g/mol. The Hall–Kier alpha value is -1.99. The average molecular weight is 220 g/mol. The Morgan fingerprint density at radius 2 is 2.06 bits per heavy atom. The first-order valence-corrected chi connectivity index (χ1v) is 4.70. The van der Waals surface area contributed by atoms with E-state index >= 15 is 0 Å². The van der Waals surface area contributed by atoms with Crippen LogP contribution in [0.3, 0.4) is 0 Å². The fourth-order valence-electron chi connectivity index (χ4n) is 0.972. The molecule has 0 atom stereocenters. The van der Waals surface area contributed by atoms with Crippen LogP contribution in [0.2, 0.25) is 0 Å². The summed E-state index contributed by atoms with van der Waals surface area (Å²) < 4.78 is 9.55. The van der Waals surface area contributed by atoms with Crippen LogP contribution >= 0.6 is 0 Å². The first-order valence-electron chi connectivity index (χ1n) is 4.70. The van der Waals surface area contributed by atoms with Crippen molar-refractivity contribution in [2.45, 2.75) is 0 Å². The molecule has 0 aromatic heterocycles. The number of carbonyl (C=O) groups is 1. The van der Waals surface area contributed by atoms with E-state index in [-0.39, 0.29) is 13.2 Å². The molecule has 1 rings (SSSR count). The maximum Gasteiger partial charge on any atom is 0.384 e. The van der Waals surface area contributed by atoms with Crippen LogP contribution in [0, 0.1) is 11.8 Å². The third kappa shape index (κ3) is 4.03. The molecule has 1 aromatic carbocycles. The quantitative estimate of drug-likeness (QED) is 0.598. The lowest BCUT2D eigenvalue weighted by Gasteiger charge is -2.02. The Morgan fingerprint density at radius 3 is 2.62 bits per heavy atom. The zero-order valence-corrected chi connectivity index (χ0v) is 8.90. The molecule has 0 aliphatic rings. The van der Waals surface area contributed by atoms with E-state index in [9.17, 15) is 4.79 Å². The summed E-state index contributed by atoms with van der Waals surface area (Å²) in [6, 6.07) is 6.89. The number of hydrogen-bond acceptors (Lipinski definition) is 4. The number of ether oxygens (including phenoxy) is 2. The second kappa shape index (κ2) is 6.49. The highest BCUT2D eigenvalue weighted by atomic mass is 16.5. The summed E-state index contributed by atoms with van der Waals surface area (Å²) in [6.45, 7) is 0.233. The summed E-state index contributed by atoms with van der Waals surface area (Å²) in [5.41, 5.74) is 0.696. The first kappa shape index (κ1) is 12.1. The van der Waals surface area contributed by atoms with Gasteiger partial charge in [0.1, 0.15) is 12.4 Å². The maximum atomic E-state index is 10.7. The van der Waals surface area contributed by atoms with Crippen molar-refractivity contribution in [1.29, 1.82) is 0 Å². The summed E-state index contributed by atoms with van der Waals surface area (Å²) in [6.07, 6.45) is 0. The highest BCUT2D eigenvalue weighted by Crippen LogP contribution is 2.11. The van der Waals surface area contributed by atoms with Crippen LogP contribution in [0.4, 0.5) is 0 Å². The van der Waals surface area contributed by atoms with Crippen LogP contribution in [0.5, 0.6) is 5.75 Å². The normalized spacial score (nSPS) is 8.88. The Kier molecular flexibility index (Phi) is 4.90. The van der Waals surface area contributed by atoms with E-state index in [1.165, 1.54) is 7.11 Å². The maximum absolute atomic E-state index is 10.7. The molecule has 0 fully saturated rings. The zero-order chi connectivity index (χ0) is 11.8. The van der Waals surface area contributed by atoms with Crippen LogP contribution < -0.4 is 4.74 Å². The number of hydrogen-bond donors (Lipinski definition) is 1. The van der Waals surface area contributed by atoms with E-state index in [0.29, 0.717) is 11.3 Å². The second-order valence-electron chi connectivity index (χ2n) is 2.84. The van der Waals surface area contributed by atoms with Crippen LogP contribution in [-0.4, -0.2) is 31.4 Å². The molecule has 0 bridgehead atoms. The van der Waals surface area contributed by atoms with E-state index in [1.807, 2.05) is 0 Å². The van der Waals surface area contributed by atoms with Crippen molar-refractivity contribution in [3.8, 4) is 17.6 Å². The van der Waals surface area contributed by atoms with Crippen molar-refractivity contribution in [3.05, 3.63) is 29.8 Å². The number of benzene rings is 1. The molecule has 0 amide bonds. The standard InChI is InChI=1S/C12H12O4/c1-15-12(14)7-4-10-2-5-11(6-3-10)16-9-8-13/h2-3,5-6,13H,8-9H2,1H3. The highest BCUT2D eigenvalue weighted by molar-refractivity contribution is 5.88. The summed E-state index contributed by atoms with van der Waals surface area (Å²) >= 11 is 0. The number of carbonyl (C=O) groups excluding carboxylic acids is 1. The molecular formula is C12H12O4. The van der Waals surface area contributed by atoms with Gasteiger partial charge in [-0.25, -0.2) is 4.79 Å². The van der Waals surface area contributed by atoms with Crippen molar-refractivity contribution < 1.29 is 19.4 Å². The largest absolute Gasteiger partial charge is 0.491 e. The van der Waals surface area contributed by atoms with Gasteiger partial charge >= 0.3 is 5.97 Å². The SMILES string of the molecule is COC(=O)C#Cc1ccc(OCCO)cc1. The molecule has 0 saturated carbocycles. The summed E-state index contributed by atoms with van der Waals surface area (Å²) in [5.74, 6) is 5.05. The molecule has 16 heavy (non-hydrogen) atoms. The zero-order valence-electron chi connectivity index (χ0n) is 8.90. The predicted octanol–water partition coefficient (Wildman–Crippen LogP) is 0.582. The lowest BCUT2D eigenvalue weighted by atomic mass is 10.2. The second-order valence-corrected chi connectivity index (χ2v) is 2.84. The van der Waals surface area contributed by atoms with E-state index < -0.39 is 5.97 Å². The van der Waals surface area contributed by atoms with Gasteiger partial charge in [-0.1, -0.05) is 5.92 Å². The van der Waals surface area contributed by atoms with Gasteiger partial charge in [-0.05, 0) is 24.3 Å². The first-order chi connectivity index (χ1) is 7.76. The Labute approximate surface area is 93.8 Å². The molecule has 1 aromatic rings. The van der Waals surface area contributed by atoms with Crippen LogP contribution in [0.15, 0.2) is 24.3 Å². The van der Waals surface area contributed by atoms with Gasteiger partial charge in [-0.15, -0.1) is 0 Å². The summed E-state index contributed by atoms with van der Waals surface area (Å²) in [7, 11) is 1.28. The fraction of sp³-hybridized carbons (Fsp3) is 0.250. The van der Waals surface area contributed by atoms with Crippen molar-refractivity contribution in [2.75, 3.05) is 20.3 Å². The van der Waals surface area contributed by atoms with Crippen molar-refractivity contribution in [1.82, 2.24) is 0 Å². The van der Waals surface area contributed by atoms with E-state index in [0.717, 1.165) is 0 Å². The van der Waals surface area contributed by atoms with Crippen molar-refractivity contribution >= 4 is 5.97 Å². The predicted molar refractivity (Wildman–Crippen MR) is 57.9 cm³/mol. The lowest BCUT2D eigenvalue weighted by molar-refractivity contribution is -0.133. The molecule has 84 valence electrons. The van der Waals surface area contributed by atoms with Gasteiger partial charge in [0.05, 0.1) is 13.7 Å². The van der Waals surface area contributed by atoms with E-state index in [4.69, 9.17) is 9.84 Å². The topological polar surface area (TPSA) is 55.8 Å². The van der Waals surface area contributed by atoms with E-state index in [1.54, 1.807) is 24.3 Å². The Balaban J connectivity index is 2.63. The van der Waals surface area contributed by atoms with Gasteiger partial charge in [-0.2, -0.15) is 0 Å². The van der Waals surface area contributed by atoms with E-state index in [2.05, 4.69) is 16.6 Å². The monoisotopic (exact) mass is 220 g/mol. The molecule has 0 aliphatic carbocycles. The smallest absolute Gasteiger partial charge is 0.384 e. The van der Waals surface area contributed by atoms with Gasteiger partial charge in [-0.3, -0.25) is 0 Å². The molecule has 0 spiro atoms. The number of rotatable bonds is 3. The van der Waals surface area contributed by atoms with Crippen LogP contribution in [0.1, 0.15) is 5.56 Å². The van der Waals surface area contributed by atoms with Crippen molar-refractivity contribution in [3.63, 3.8) is 0 Å². The highest BCUT2D eigenvalue weighted by Gasteiger charge is 1.94. The van der Waals surface area contributed by atoms with Crippen LogP contribution in [0.25, 0.3) is 0 Å². The lowest BCUT2D eigenvalue weighted by Crippen LogP contribution is -2.01. The summed E-state index contributed by atoms with van der Waals surface area (Å²) in [5, 5.41) is 8.56. The minimum Gasteiger partial charge on any atom is -0.491 e. The Morgan fingerprint density at radius 1 is 1.38 bits per heavy atom. The molecule has 0 heterocycles. The average Bonchev–Trinajstić information content (AvgIpc) is 2.34. The number of aliphatic hydroxyl groups is 1. The molecule has 1 N–H and O–H groups in total. The minimum absolute atomic E-state index is 0.0239. The Bertz CT molecular complexity index is 397. The number of aliphatic hydroxyl groups excluding tert-OH is 1. The molecule has 4 heteroatoms. The minimum atomic E-state index is -0.569. The van der Waals surface area contributed by atoms with Crippen LogP contribution in [-0.2, 0) is 9.53 Å². The van der Waals surface area contributed by atoms with Gasteiger partial charge in [0.25, 0.3) is 0 Å². The van der Waals surface area contributed by atoms with Crippen molar-refractivity contribution in [2.24, 2.45) is 0 Å². The number of methoxy groups -OCH3 is 1. The van der Waals surface area contributed by atoms with Gasteiger partial charge in [0.2, 0.25) is 0 Å². The number of esters is 1. The molecule has 0 radical (unpaired) electrons. The summed E-state index contributed by atoms with van der Waals surface area (Å²) in [4.78, 5) is 10.7. The van der Waals surface area contributed by atoms with Gasteiger partial charge in [0, 0.05) is 11.5 Å². The third-order valence-electron chi connectivity index (χ3n) is 1.71. The third-order valence-corrected chi connectivity index (χ3v) is 1.71. The molecule has 4 nitrogen and oxygen atoms in total. The molecule has 0 unspecified atom stereocenters. The fourth-order valence-corrected chi connectivity index (χ4v) is 0.972. The van der Waals surface area contributed by atoms with Gasteiger partial charge < -0.3 is 14.6 Å². The molecule has 0 saturated heterocycles.